The summed E-state index contributed by atoms with van der Waals surface area (Å²) >= 11 is 0. The summed E-state index contributed by atoms with van der Waals surface area (Å²) in [5.74, 6) is 0.576. The van der Waals surface area contributed by atoms with Crippen LogP contribution < -0.4 is 4.80 Å². The number of para-hydroxylation sites is 1. The summed E-state index contributed by atoms with van der Waals surface area (Å²) in [5.41, 5.74) is 4.90. The fraction of sp³-hybridized carbons (Fsp3) is 0. The van der Waals surface area contributed by atoms with Crippen LogP contribution >= 0.6 is 0 Å². The Morgan fingerprint density at radius 3 is 2.00 bits per heavy atom. The summed E-state index contributed by atoms with van der Waals surface area (Å²) in [5, 5.41) is 9.45. The van der Waals surface area contributed by atoms with Crippen molar-refractivity contribution in [1.82, 2.24) is 15.0 Å². The molecule has 0 aliphatic heterocycles. The number of rotatable bonds is 7. The summed E-state index contributed by atoms with van der Waals surface area (Å²) < 4.78 is 0. The van der Waals surface area contributed by atoms with Gasteiger partial charge in [-0.3, -0.25) is 0 Å². The molecule has 150 valence electrons. The summed E-state index contributed by atoms with van der Waals surface area (Å²) in [6.07, 6.45) is 9.48. The minimum absolute atomic E-state index is 0.576. The summed E-state index contributed by atoms with van der Waals surface area (Å²) in [4.78, 5) is 3.57. The van der Waals surface area contributed by atoms with Gasteiger partial charge in [-0.05, 0) is 51.4 Å². The Morgan fingerprint density at radius 2 is 1.39 bits per heavy atom. The molecule has 0 aliphatic carbocycles. The normalized spacial score (nSPS) is 11.5. The van der Waals surface area contributed by atoms with Gasteiger partial charge in [-0.15, -0.1) is 0 Å². The van der Waals surface area contributed by atoms with Crippen LogP contribution in [0.3, 0.4) is 0 Å². The van der Waals surface area contributed by atoms with Crippen LogP contribution in [0.15, 0.2) is 116 Å². The maximum Gasteiger partial charge on any atom is 0.340 e. The van der Waals surface area contributed by atoms with E-state index in [-0.39, 0.29) is 0 Å². The molecule has 4 nitrogen and oxygen atoms in total. The van der Waals surface area contributed by atoms with E-state index >= 15 is 0 Å². The van der Waals surface area contributed by atoms with Crippen LogP contribution in [0.1, 0.15) is 17.0 Å². The van der Waals surface area contributed by atoms with E-state index in [4.69, 9.17) is 10.2 Å². The fourth-order valence-electron chi connectivity index (χ4n) is 3.13. The zero-order valence-electron chi connectivity index (χ0n) is 17.2. The number of tetrazole rings is 1. The van der Waals surface area contributed by atoms with Gasteiger partial charge in [0.15, 0.2) is 5.69 Å². The third-order valence-electron chi connectivity index (χ3n) is 4.71. The minimum atomic E-state index is 0.576. The van der Waals surface area contributed by atoms with Crippen molar-refractivity contribution < 1.29 is 4.80 Å². The van der Waals surface area contributed by atoms with Crippen molar-refractivity contribution >= 4 is 17.7 Å². The second-order valence-corrected chi connectivity index (χ2v) is 6.84. The second-order valence-electron chi connectivity index (χ2n) is 6.84. The molecule has 0 saturated heterocycles. The Balaban J connectivity index is 1.72. The second kappa shape index (κ2) is 9.46. The number of hydrogen-bond acceptors (Lipinski definition) is 2. The van der Waals surface area contributed by atoms with Gasteiger partial charge in [0.1, 0.15) is 5.69 Å². The maximum absolute atomic E-state index is 4.73. The largest absolute Gasteiger partial charge is 0.340 e. The smallest absolute Gasteiger partial charge is 0.0990 e. The highest BCUT2D eigenvalue weighted by atomic mass is 15.7. The average Bonchev–Trinajstić information content (AvgIpc) is 3.28. The molecule has 0 radical (unpaired) electrons. The van der Waals surface area contributed by atoms with E-state index in [1.54, 1.807) is 21.7 Å². The van der Waals surface area contributed by atoms with Crippen LogP contribution in [0, 0.1) is 0 Å². The molecule has 4 rings (SSSR count). The predicted octanol–water partition coefficient (Wildman–Crippen LogP) is 5.47. The Hall–Kier alpha value is -4.31. The van der Waals surface area contributed by atoms with E-state index in [0.717, 1.165) is 22.5 Å². The van der Waals surface area contributed by atoms with Crippen molar-refractivity contribution in [1.29, 1.82) is 0 Å². The van der Waals surface area contributed by atoms with E-state index in [1.807, 2.05) is 66.7 Å². The number of allylic oxidation sites excluding steroid dienone is 4. The van der Waals surface area contributed by atoms with E-state index < -0.39 is 0 Å². The number of aromatic nitrogens is 4. The molecule has 0 atom stereocenters. The van der Waals surface area contributed by atoms with E-state index in [2.05, 4.69) is 49.6 Å². The van der Waals surface area contributed by atoms with Crippen LogP contribution in [-0.2, 0) is 0 Å². The van der Waals surface area contributed by atoms with E-state index in [0.29, 0.717) is 5.82 Å². The number of benzene rings is 3. The van der Waals surface area contributed by atoms with Gasteiger partial charge in [0.05, 0.1) is 10.7 Å². The van der Waals surface area contributed by atoms with Crippen molar-refractivity contribution in [2.24, 2.45) is 0 Å². The van der Waals surface area contributed by atoms with E-state index in [9.17, 15) is 0 Å². The third-order valence-corrected chi connectivity index (χ3v) is 4.71. The van der Waals surface area contributed by atoms with Gasteiger partial charge in [0.2, 0.25) is 0 Å². The predicted molar refractivity (Wildman–Crippen MR) is 127 cm³/mol. The molecular formula is C27H23N4+. The van der Waals surface area contributed by atoms with Gasteiger partial charge in [0, 0.05) is 4.80 Å². The monoisotopic (exact) mass is 403 g/mol. The number of hydrogen-bond donors (Lipinski definition) is 0. The zero-order chi connectivity index (χ0) is 21.5. The van der Waals surface area contributed by atoms with Gasteiger partial charge in [-0.1, -0.05) is 98.1 Å². The summed E-state index contributed by atoms with van der Waals surface area (Å²) in [7, 11) is 0. The average molecular weight is 404 g/mol. The van der Waals surface area contributed by atoms with Gasteiger partial charge in [-0.25, -0.2) is 0 Å². The molecular weight excluding hydrogens is 380 g/mol. The zero-order valence-corrected chi connectivity index (χ0v) is 17.2. The van der Waals surface area contributed by atoms with Crippen molar-refractivity contribution in [2.45, 2.75) is 0 Å². The fourth-order valence-corrected chi connectivity index (χ4v) is 3.13. The number of nitrogens with zero attached hydrogens (tertiary/aromatic N) is 4. The SMILES string of the molecule is C=C/C=C(\C=C)c1nn(-c2ccccc2)[n+](-c2ccc(C=Cc3ccccc3)cc2)n1. The summed E-state index contributed by atoms with van der Waals surface area (Å²) in [6, 6.07) is 28.4. The molecule has 0 bridgehead atoms. The Morgan fingerprint density at radius 1 is 0.774 bits per heavy atom. The van der Waals surface area contributed by atoms with Gasteiger partial charge in [0.25, 0.3) is 0 Å². The van der Waals surface area contributed by atoms with Crippen molar-refractivity contribution in [2.75, 3.05) is 0 Å². The molecule has 3 aromatic carbocycles. The van der Waals surface area contributed by atoms with Crippen LogP contribution in [0.2, 0.25) is 0 Å². The van der Waals surface area contributed by atoms with Gasteiger partial charge in [-0.2, -0.15) is 0 Å². The first kappa shape index (κ1) is 20.0. The van der Waals surface area contributed by atoms with Crippen LogP contribution in [0.5, 0.6) is 0 Å². The molecule has 0 unspecified atom stereocenters. The molecule has 0 N–H and O–H groups in total. The quantitative estimate of drug-likeness (QED) is 0.233. The molecule has 31 heavy (non-hydrogen) atoms. The van der Waals surface area contributed by atoms with Crippen molar-refractivity contribution in [3.05, 3.63) is 133 Å². The third kappa shape index (κ3) is 4.65. The molecule has 4 aromatic rings. The van der Waals surface area contributed by atoms with Crippen LogP contribution in [0.25, 0.3) is 29.1 Å². The standard InChI is InChI=1S/C27H23N4/c1-3-11-24(4-2)27-28-30(25-14-9-6-10-15-25)31(29-27)26-20-18-23(19-21-26)17-16-22-12-7-5-8-13-22/h3-21H,1-2H2/q+1/b17-16?,24-11+. The van der Waals surface area contributed by atoms with Gasteiger partial charge < -0.3 is 0 Å². The van der Waals surface area contributed by atoms with Crippen molar-refractivity contribution in [3.63, 3.8) is 0 Å². The first-order chi connectivity index (χ1) is 15.3. The topological polar surface area (TPSA) is 34.6 Å². The lowest BCUT2D eigenvalue weighted by Gasteiger charge is -2.00. The van der Waals surface area contributed by atoms with Gasteiger partial charge >= 0.3 is 5.82 Å². The molecule has 0 spiro atoms. The first-order valence-electron chi connectivity index (χ1n) is 10.0. The molecule has 0 amide bonds. The lowest BCUT2D eigenvalue weighted by molar-refractivity contribution is -0.735. The highest BCUT2D eigenvalue weighted by Crippen LogP contribution is 2.14. The molecule has 0 aliphatic rings. The Bertz CT molecular complexity index is 1230. The molecule has 1 aromatic heterocycles. The van der Waals surface area contributed by atoms with Crippen molar-refractivity contribution in [3.8, 4) is 11.4 Å². The lowest BCUT2D eigenvalue weighted by Crippen LogP contribution is -2.43. The van der Waals surface area contributed by atoms with E-state index in [1.165, 1.54) is 5.56 Å². The Labute approximate surface area is 182 Å². The van der Waals surface area contributed by atoms with Crippen LogP contribution in [-0.4, -0.2) is 15.0 Å². The minimum Gasteiger partial charge on any atom is -0.0990 e. The molecule has 4 heteroatoms. The Kier molecular flexibility index (Phi) is 6.10. The molecule has 1 heterocycles. The summed E-state index contributed by atoms with van der Waals surface area (Å²) in [6.45, 7) is 7.64. The van der Waals surface area contributed by atoms with Crippen LogP contribution in [0.4, 0.5) is 0 Å². The highest BCUT2D eigenvalue weighted by Gasteiger charge is 2.23. The highest BCUT2D eigenvalue weighted by molar-refractivity contribution is 5.70. The lowest BCUT2D eigenvalue weighted by atomic mass is 10.1. The maximum atomic E-state index is 4.73. The first-order valence-corrected chi connectivity index (χ1v) is 10.0. The molecule has 0 fully saturated rings. The molecule has 0 saturated carbocycles.